The average Bonchev–Trinajstić information content (AvgIpc) is 2.92. The van der Waals surface area contributed by atoms with Crippen molar-refractivity contribution < 1.29 is 13.2 Å². The number of piperazine rings is 1. The molecular weight excluding hydrogens is 508 g/mol. The molecule has 1 N–H and O–H groups in total. The zero-order valence-electron chi connectivity index (χ0n) is 20.9. The van der Waals surface area contributed by atoms with Gasteiger partial charge in [0.25, 0.3) is 5.91 Å². The molecule has 2 aliphatic heterocycles. The van der Waals surface area contributed by atoms with Gasteiger partial charge < -0.3 is 9.80 Å². The second kappa shape index (κ2) is 10.4. The monoisotopic (exact) mass is 538 g/mol. The molecule has 2 saturated heterocycles. The fourth-order valence-corrected chi connectivity index (χ4v) is 6.90. The zero-order chi connectivity index (χ0) is 26.2. The molecule has 0 aromatic heterocycles. The number of carbonyl (C=O) groups is 1. The Morgan fingerprint density at radius 1 is 0.838 bits per heavy atom. The number of halogens is 1. The van der Waals surface area contributed by atoms with Gasteiger partial charge in [0.2, 0.25) is 10.0 Å². The van der Waals surface area contributed by atoms with Crippen molar-refractivity contribution in [2.45, 2.75) is 30.6 Å². The van der Waals surface area contributed by atoms with Gasteiger partial charge in [-0.15, -0.1) is 0 Å². The van der Waals surface area contributed by atoms with Crippen molar-refractivity contribution in [1.82, 2.24) is 14.1 Å². The third kappa shape index (κ3) is 5.37. The third-order valence-electron chi connectivity index (χ3n) is 7.54. The number of benzene rings is 3. The first-order valence-corrected chi connectivity index (χ1v) is 14.4. The molecule has 194 valence electrons. The highest BCUT2D eigenvalue weighted by atomic mass is 35.5. The summed E-state index contributed by atoms with van der Waals surface area (Å²) in [4.78, 5) is 17.2. The molecule has 9 heteroatoms. The number of nitrogens with one attached hydrogen (secondary N) is 1. The Bertz CT molecular complexity index is 1430. The van der Waals surface area contributed by atoms with E-state index in [1.54, 1.807) is 29.2 Å². The van der Waals surface area contributed by atoms with Crippen molar-refractivity contribution in [3.05, 3.63) is 76.8 Å². The second-order valence-electron chi connectivity index (χ2n) is 9.82. The third-order valence-corrected chi connectivity index (χ3v) is 9.67. The van der Waals surface area contributed by atoms with E-state index in [-0.39, 0.29) is 23.9 Å². The SMILES string of the molecule is CC(=N)N1CCC(c2ccc(C(=O)N3CCN(S(=O)(=O)c4ccc5cc(Cl)ccc5c4)CC3)cc2)CC1. The van der Waals surface area contributed by atoms with Crippen LogP contribution in [-0.2, 0) is 10.0 Å². The van der Waals surface area contributed by atoms with Crippen LogP contribution in [0.5, 0.6) is 0 Å². The van der Waals surface area contributed by atoms with Crippen molar-refractivity contribution >= 4 is 44.1 Å². The van der Waals surface area contributed by atoms with Gasteiger partial charge >= 0.3 is 0 Å². The number of rotatable bonds is 4. The number of amidine groups is 1. The van der Waals surface area contributed by atoms with Crippen LogP contribution in [0.1, 0.15) is 41.6 Å². The van der Waals surface area contributed by atoms with Crippen LogP contribution in [0, 0.1) is 5.41 Å². The van der Waals surface area contributed by atoms with Gasteiger partial charge in [-0.3, -0.25) is 10.2 Å². The first-order valence-electron chi connectivity index (χ1n) is 12.6. The maximum atomic E-state index is 13.3. The Hall–Kier alpha value is -2.94. The Morgan fingerprint density at radius 2 is 1.46 bits per heavy atom. The van der Waals surface area contributed by atoms with Gasteiger partial charge in [0, 0.05) is 49.9 Å². The molecule has 2 heterocycles. The minimum atomic E-state index is -3.66. The smallest absolute Gasteiger partial charge is 0.253 e. The van der Waals surface area contributed by atoms with E-state index in [2.05, 4.69) is 4.90 Å². The molecule has 0 spiro atoms. The van der Waals surface area contributed by atoms with Gasteiger partial charge in [0.05, 0.1) is 10.7 Å². The van der Waals surface area contributed by atoms with Gasteiger partial charge in [0.15, 0.2) is 0 Å². The predicted octanol–water partition coefficient (Wildman–Crippen LogP) is 4.82. The highest BCUT2D eigenvalue weighted by molar-refractivity contribution is 7.89. The summed E-state index contributed by atoms with van der Waals surface area (Å²) in [7, 11) is -3.66. The first kappa shape index (κ1) is 25.7. The summed E-state index contributed by atoms with van der Waals surface area (Å²) in [5.41, 5.74) is 1.86. The van der Waals surface area contributed by atoms with E-state index in [0.717, 1.165) is 36.7 Å². The number of sulfonamides is 1. The molecule has 3 aromatic rings. The highest BCUT2D eigenvalue weighted by Gasteiger charge is 2.31. The summed E-state index contributed by atoms with van der Waals surface area (Å²) in [6.45, 7) is 4.83. The number of carbonyl (C=O) groups excluding carboxylic acids is 1. The quantitative estimate of drug-likeness (QED) is 0.381. The molecular formula is C28H31ClN4O3S. The molecule has 3 aromatic carbocycles. The zero-order valence-corrected chi connectivity index (χ0v) is 22.4. The van der Waals surface area contributed by atoms with Gasteiger partial charge in [-0.1, -0.05) is 35.9 Å². The Labute approximate surface area is 223 Å². The minimum Gasteiger partial charge on any atom is -0.361 e. The van der Waals surface area contributed by atoms with Gasteiger partial charge in [0.1, 0.15) is 0 Å². The van der Waals surface area contributed by atoms with Crippen LogP contribution in [0.2, 0.25) is 5.02 Å². The molecule has 0 aliphatic carbocycles. The number of hydrogen-bond donors (Lipinski definition) is 1. The fraction of sp³-hybridized carbons (Fsp3) is 0.357. The maximum Gasteiger partial charge on any atom is 0.253 e. The van der Waals surface area contributed by atoms with E-state index in [4.69, 9.17) is 17.0 Å². The molecule has 2 aliphatic rings. The Balaban J connectivity index is 1.20. The van der Waals surface area contributed by atoms with Crippen LogP contribution in [0.25, 0.3) is 10.8 Å². The maximum absolute atomic E-state index is 13.3. The highest BCUT2D eigenvalue weighted by Crippen LogP contribution is 2.29. The molecule has 0 unspecified atom stereocenters. The lowest BCUT2D eigenvalue weighted by molar-refractivity contribution is 0.0698. The molecule has 37 heavy (non-hydrogen) atoms. The van der Waals surface area contributed by atoms with Crippen LogP contribution in [0.15, 0.2) is 65.6 Å². The molecule has 0 radical (unpaired) electrons. The van der Waals surface area contributed by atoms with Crippen molar-refractivity contribution in [3.63, 3.8) is 0 Å². The van der Waals surface area contributed by atoms with E-state index in [1.165, 1.54) is 9.87 Å². The van der Waals surface area contributed by atoms with Crippen LogP contribution < -0.4 is 0 Å². The number of likely N-dealkylation sites (tertiary alicyclic amines) is 1. The molecule has 0 atom stereocenters. The first-order chi connectivity index (χ1) is 17.7. The topological polar surface area (TPSA) is 84.8 Å². The Morgan fingerprint density at radius 3 is 2.11 bits per heavy atom. The summed E-state index contributed by atoms with van der Waals surface area (Å²) in [5, 5.41) is 10.1. The van der Waals surface area contributed by atoms with Crippen LogP contribution in [-0.4, -0.2) is 73.5 Å². The number of amides is 1. The number of piperidine rings is 1. The lowest BCUT2D eigenvalue weighted by Crippen LogP contribution is -2.50. The van der Waals surface area contributed by atoms with Crippen LogP contribution in [0.3, 0.4) is 0 Å². The standard InChI is InChI=1S/C28H31ClN4O3S/c1-20(30)31-12-10-22(11-13-31)21-2-4-23(5-3-21)28(34)32-14-16-33(17-15-32)37(35,36)27-9-7-24-18-26(29)8-6-25(24)19-27/h2-9,18-19,22,30H,10-17H2,1H3. The van der Waals surface area contributed by atoms with E-state index < -0.39 is 10.0 Å². The minimum absolute atomic E-state index is 0.0690. The Kier molecular flexibility index (Phi) is 7.25. The summed E-state index contributed by atoms with van der Waals surface area (Å²) in [6, 6.07) is 18.3. The van der Waals surface area contributed by atoms with Crippen molar-refractivity contribution in [2.75, 3.05) is 39.3 Å². The summed E-state index contributed by atoms with van der Waals surface area (Å²) in [5.74, 6) is 0.996. The van der Waals surface area contributed by atoms with E-state index in [1.807, 2.05) is 43.3 Å². The molecule has 1 amide bonds. The van der Waals surface area contributed by atoms with Crippen molar-refractivity contribution in [1.29, 1.82) is 5.41 Å². The lowest BCUT2D eigenvalue weighted by Gasteiger charge is -2.34. The largest absolute Gasteiger partial charge is 0.361 e. The van der Waals surface area contributed by atoms with E-state index >= 15 is 0 Å². The van der Waals surface area contributed by atoms with Crippen molar-refractivity contribution in [3.8, 4) is 0 Å². The second-order valence-corrected chi connectivity index (χ2v) is 12.2. The molecule has 7 nitrogen and oxygen atoms in total. The lowest BCUT2D eigenvalue weighted by atomic mass is 9.89. The average molecular weight is 539 g/mol. The summed E-state index contributed by atoms with van der Waals surface area (Å²) in [6.07, 6.45) is 2.01. The number of hydrogen-bond acceptors (Lipinski definition) is 4. The summed E-state index contributed by atoms with van der Waals surface area (Å²) >= 11 is 6.04. The number of fused-ring (bicyclic) bond motifs is 1. The van der Waals surface area contributed by atoms with Crippen LogP contribution in [0.4, 0.5) is 0 Å². The molecule has 5 rings (SSSR count). The van der Waals surface area contributed by atoms with Gasteiger partial charge in [-0.2, -0.15) is 4.31 Å². The van der Waals surface area contributed by atoms with E-state index in [9.17, 15) is 13.2 Å². The van der Waals surface area contributed by atoms with Crippen molar-refractivity contribution in [2.24, 2.45) is 0 Å². The molecule has 0 saturated carbocycles. The number of nitrogens with zero attached hydrogens (tertiary/aromatic N) is 3. The van der Waals surface area contributed by atoms with Gasteiger partial charge in [-0.25, -0.2) is 8.42 Å². The molecule has 2 fully saturated rings. The van der Waals surface area contributed by atoms with E-state index in [0.29, 0.717) is 35.4 Å². The molecule has 0 bridgehead atoms. The van der Waals surface area contributed by atoms with Crippen LogP contribution >= 0.6 is 11.6 Å². The normalized spacial score (nSPS) is 17.8. The summed E-state index contributed by atoms with van der Waals surface area (Å²) < 4.78 is 28.0. The predicted molar refractivity (Wildman–Crippen MR) is 147 cm³/mol. The fourth-order valence-electron chi connectivity index (χ4n) is 5.26. The van der Waals surface area contributed by atoms with Gasteiger partial charge in [-0.05, 0) is 78.4 Å².